The summed E-state index contributed by atoms with van der Waals surface area (Å²) in [6.07, 6.45) is 3.21. The summed E-state index contributed by atoms with van der Waals surface area (Å²) in [5.74, 6) is 0. The van der Waals surface area contributed by atoms with Crippen molar-refractivity contribution in [1.29, 1.82) is 0 Å². The van der Waals surface area contributed by atoms with Gasteiger partial charge in [-0.25, -0.2) is 19.6 Å². The van der Waals surface area contributed by atoms with E-state index in [-0.39, 0.29) is 5.63 Å². The summed E-state index contributed by atoms with van der Waals surface area (Å²) in [6, 6.07) is 41.3. The molecule has 0 bridgehead atoms. The lowest BCUT2D eigenvalue weighted by atomic mass is 9.98. The molecule has 0 radical (unpaired) electrons. The van der Waals surface area contributed by atoms with Crippen molar-refractivity contribution in [2.75, 3.05) is 0 Å². The summed E-state index contributed by atoms with van der Waals surface area (Å²) in [6.45, 7) is 2.19. The molecule has 0 spiro atoms. The number of pyridine rings is 2. The maximum atomic E-state index is 13.5. The number of benzene rings is 4. The molecule has 4 aromatic carbocycles. The molecule has 0 amide bonds. The molecule has 0 aliphatic rings. The Hall–Kier alpha value is -6.18. The summed E-state index contributed by atoms with van der Waals surface area (Å²) >= 11 is 1.48. The van der Waals surface area contributed by atoms with Gasteiger partial charge in [0.1, 0.15) is 11.2 Å². The first-order valence-corrected chi connectivity index (χ1v) is 17.9. The molecule has 0 N–H and O–H groups in total. The molecule has 9 rings (SSSR count). The molecule has 0 atom stereocenters. The van der Waals surface area contributed by atoms with E-state index >= 15 is 0 Å². The van der Waals surface area contributed by atoms with Crippen molar-refractivity contribution in [1.82, 2.24) is 9.97 Å². The minimum atomic E-state index is -0.433. The first-order chi connectivity index (χ1) is 25.0. The summed E-state index contributed by atoms with van der Waals surface area (Å²) in [5.41, 5.74) is 5.08. The number of fused-ring (bicyclic) bond motifs is 6. The second-order valence-corrected chi connectivity index (χ2v) is 13.8. The molecule has 5 aromatic heterocycles. The van der Waals surface area contributed by atoms with E-state index in [9.17, 15) is 9.59 Å². The fourth-order valence-electron chi connectivity index (χ4n) is 6.87. The maximum Gasteiger partial charge on any atom is 0.345 e. The van der Waals surface area contributed by atoms with Gasteiger partial charge in [0.05, 0.1) is 38.8 Å². The van der Waals surface area contributed by atoms with Crippen LogP contribution in [0.1, 0.15) is 25.3 Å². The topological polar surface area (TPSA) is 86.2 Å². The Balaban J connectivity index is 1.05. The highest BCUT2D eigenvalue weighted by Crippen LogP contribution is 2.36. The number of thiophene rings is 1. The Morgan fingerprint density at radius 3 is 2.12 bits per heavy atom. The molecule has 6 nitrogen and oxygen atoms in total. The molecule has 0 aliphatic heterocycles. The molecular weight excluding hydrogens is 653 g/mol. The molecule has 0 fully saturated rings. The molecule has 7 heteroatoms. The van der Waals surface area contributed by atoms with E-state index in [1.807, 2.05) is 115 Å². The zero-order chi connectivity index (χ0) is 34.5. The van der Waals surface area contributed by atoms with Crippen LogP contribution in [-0.4, -0.2) is 9.97 Å². The number of rotatable bonds is 7. The van der Waals surface area contributed by atoms with Crippen LogP contribution >= 0.6 is 11.3 Å². The van der Waals surface area contributed by atoms with E-state index in [0.717, 1.165) is 67.0 Å². The monoisotopic (exact) mass is 682 g/mol. The van der Waals surface area contributed by atoms with Gasteiger partial charge < -0.3 is 8.83 Å². The Morgan fingerprint density at radius 1 is 0.549 bits per heavy atom. The second-order valence-electron chi connectivity index (χ2n) is 12.7. The third-order valence-corrected chi connectivity index (χ3v) is 10.6. The van der Waals surface area contributed by atoms with Crippen molar-refractivity contribution >= 4 is 54.8 Å². The fraction of sp³-hybridized carbons (Fsp3) is 0.0909. The van der Waals surface area contributed by atoms with Crippen LogP contribution < -0.4 is 11.3 Å². The third-order valence-electron chi connectivity index (χ3n) is 9.45. The summed E-state index contributed by atoms with van der Waals surface area (Å²) in [5, 5.41) is 5.93. The predicted octanol–water partition coefficient (Wildman–Crippen LogP) is 11.1. The molecule has 246 valence electrons. The Bertz CT molecular complexity index is 2920. The van der Waals surface area contributed by atoms with Crippen molar-refractivity contribution in [3.05, 3.63) is 154 Å². The smallest absolute Gasteiger partial charge is 0.345 e. The lowest BCUT2D eigenvalue weighted by molar-refractivity contribution is 0.564. The van der Waals surface area contributed by atoms with Gasteiger partial charge in [0, 0.05) is 21.0 Å². The zero-order valence-corrected chi connectivity index (χ0v) is 28.5. The Kier molecular flexibility index (Phi) is 7.63. The summed E-state index contributed by atoms with van der Waals surface area (Å²) in [7, 11) is 0. The summed E-state index contributed by atoms with van der Waals surface area (Å²) in [4.78, 5) is 38.1. The van der Waals surface area contributed by atoms with Gasteiger partial charge in [0.25, 0.3) is 0 Å². The van der Waals surface area contributed by atoms with Crippen molar-refractivity contribution in [2.45, 2.75) is 26.2 Å². The van der Waals surface area contributed by atoms with Crippen LogP contribution in [0.2, 0.25) is 0 Å². The lowest BCUT2D eigenvalue weighted by Crippen LogP contribution is -2.04. The van der Waals surface area contributed by atoms with Crippen molar-refractivity contribution in [3.8, 4) is 43.7 Å². The number of nitrogens with zero attached hydrogens (tertiary/aromatic N) is 2. The lowest BCUT2D eigenvalue weighted by Gasteiger charge is -2.09. The van der Waals surface area contributed by atoms with Crippen molar-refractivity contribution in [3.63, 3.8) is 0 Å². The van der Waals surface area contributed by atoms with Gasteiger partial charge >= 0.3 is 11.3 Å². The van der Waals surface area contributed by atoms with Crippen LogP contribution in [0.4, 0.5) is 0 Å². The number of aryl methyl sites for hydroxylation is 1. The van der Waals surface area contributed by atoms with Crippen molar-refractivity contribution < 1.29 is 8.83 Å². The molecular formula is C44H30N2O4S. The van der Waals surface area contributed by atoms with E-state index in [2.05, 4.69) is 19.1 Å². The van der Waals surface area contributed by atoms with Crippen LogP contribution in [0.25, 0.3) is 87.1 Å². The average Bonchev–Trinajstić information content (AvgIpc) is 3.67. The molecule has 0 unspecified atom stereocenters. The molecule has 51 heavy (non-hydrogen) atoms. The van der Waals surface area contributed by atoms with Crippen LogP contribution in [-0.2, 0) is 6.42 Å². The van der Waals surface area contributed by atoms with Gasteiger partial charge in [-0.15, -0.1) is 11.3 Å². The third kappa shape index (κ3) is 5.52. The first-order valence-electron chi connectivity index (χ1n) is 17.0. The Labute approximate surface area is 296 Å². The molecule has 9 aromatic rings. The first kappa shape index (κ1) is 30.8. The van der Waals surface area contributed by atoms with E-state index in [1.54, 1.807) is 0 Å². The maximum absolute atomic E-state index is 13.5. The zero-order valence-electron chi connectivity index (χ0n) is 27.7. The number of hydrogen-bond donors (Lipinski definition) is 0. The minimum Gasteiger partial charge on any atom is -0.422 e. The van der Waals surface area contributed by atoms with Gasteiger partial charge in [-0.2, -0.15) is 0 Å². The highest BCUT2D eigenvalue weighted by atomic mass is 32.1. The molecule has 0 aliphatic carbocycles. The Morgan fingerprint density at radius 2 is 1.25 bits per heavy atom. The van der Waals surface area contributed by atoms with E-state index in [0.29, 0.717) is 39.4 Å². The van der Waals surface area contributed by atoms with E-state index in [4.69, 9.17) is 18.8 Å². The van der Waals surface area contributed by atoms with Crippen molar-refractivity contribution in [2.24, 2.45) is 0 Å². The van der Waals surface area contributed by atoms with E-state index < -0.39 is 5.63 Å². The van der Waals surface area contributed by atoms with Crippen LogP contribution in [0.5, 0.6) is 0 Å². The van der Waals surface area contributed by atoms with Crippen LogP contribution in [0.15, 0.2) is 146 Å². The SMILES string of the molecule is CCCCc1cccc2c1ccc1cc(-c3cccc(-c4cccc(-c5ccc(-c6cc7c(ccc8ccccc87)oc6=O)s5)n4)n3)c(=O)oc12. The van der Waals surface area contributed by atoms with Gasteiger partial charge in [0.15, 0.2) is 0 Å². The number of hydrogen-bond acceptors (Lipinski definition) is 7. The largest absolute Gasteiger partial charge is 0.422 e. The molecule has 5 heterocycles. The highest BCUT2D eigenvalue weighted by molar-refractivity contribution is 7.18. The van der Waals surface area contributed by atoms with Gasteiger partial charge in [-0.3, -0.25) is 0 Å². The number of unbranched alkanes of at least 4 members (excludes halogenated alkanes) is 1. The van der Waals surface area contributed by atoms with Crippen LogP contribution in [0, 0.1) is 0 Å². The predicted molar refractivity (Wildman–Crippen MR) is 207 cm³/mol. The normalized spacial score (nSPS) is 11.6. The highest BCUT2D eigenvalue weighted by Gasteiger charge is 2.16. The van der Waals surface area contributed by atoms with Crippen LogP contribution in [0.3, 0.4) is 0 Å². The average molecular weight is 683 g/mol. The van der Waals surface area contributed by atoms with Gasteiger partial charge in [-0.1, -0.05) is 86.1 Å². The minimum absolute atomic E-state index is 0.378. The van der Waals surface area contributed by atoms with E-state index in [1.165, 1.54) is 16.9 Å². The van der Waals surface area contributed by atoms with Gasteiger partial charge in [-0.05, 0) is 89.2 Å². The summed E-state index contributed by atoms with van der Waals surface area (Å²) < 4.78 is 11.8. The quantitative estimate of drug-likeness (QED) is 0.123. The van der Waals surface area contributed by atoms with Gasteiger partial charge in [0.2, 0.25) is 0 Å². The molecule has 0 saturated heterocycles. The molecule has 0 saturated carbocycles. The standard InChI is InChI=1S/C44H30N2O4S/c1-2-3-9-26-11-6-13-31-30(26)20-18-28-24-33(43(47)50-42(28)31)35-14-7-15-36(45-35)37-16-8-17-38(46-37)41-23-22-40(51-41)34-25-32-29-12-5-4-10-27(29)19-21-39(32)49-44(34)48/h4-8,10-25H,2-3,9H2,1H3. The second kappa shape index (κ2) is 12.6. The fourth-order valence-corrected chi connectivity index (χ4v) is 7.85. The number of aromatic nitrogens is 2.